The van der Waals surface area contributed by atoms with Gasteiger partial charge >= 0.3 is 0 Å². The number of Topliss-reactive ketones (excluding diaryl/α,β-unsaturated/α-hetero) is 1. The highest BCUT2D eigenvalue weighted by molar-refractivity contribution is 6.06. The van der Waals surface area contributed by atoms with Crippen LogP contribution in [0.1, 0.15) is 28.3 Å². The number of carbonyl (C=O) groups excluding carboxylic acids is 1. The first-order valence-electron chi connectivity index (χ1n) is 6.63. The highest BCUT2D eigenvalue weighted by atomic mass is 16.5. The zero-order valence-corrected chi connectivity index (χ0v) is 10.5. The molecule has 1 aliphatic heterocycles. The highest BCUT2D eigenvalue weighted by Gasteiger charge is 2.62. The van der Waals surface area contributed by atoms with Crippen LogP contribution in [-0.2, 0) is 0 Å². The van der Waals surface area contributed by atoms with Gasteiger partial charge in [0.2, 0.25) is 0 Å². The average Bonchev–Trinajstić information content (AvgIpc) is 3.20. The van der Waals surface area contributed by atoms with E-state index in [4.69, 9.17) is 4.74 Å². The van der Waals surface area contributed by atoms with Gasteiger partial charge < -0.3 is 4.74 Å². The van der Waals surface area contributed by atoms with Gasteiger partial charge in [0.05, 0.1) is 11.0 Å². The van der Waals surface area contributed by atoms with Crippen molar-refractivity contribution in [2.45, 2.75) is 12.3 Å². The fourth-order valence-electron chi connectivity index (χ4n) is 3.16. The summed E-state index contributed by atoms with van der Waals surface area (Å²) in [6.45, 7) is 0.516. The molecule has 0 radical (unpaired) electrons. The topological polar surface area (TPSA) is 26.3 Å². The lowest BCUT2D eigenvalue weighted by atomic mass is 9.88. The molecule has 2 aromatic rings. The molecule has 2 aromatic carbocycles. The Hall–Kier alpha value is -2.09. The molecule has 0 amide bonds. The third kappa shape index (κ3) is 1.46. The van der Waals surface area contributed by atoms with Crippen LogP contribution in [0.15, 0.2) is 54.6 Å². The van der Waals surface area contributed by atoms with Crippen molar-refractivity contribution in [1.29, 1.82) is 0 Å². The summed E-state index contributed by atoms with van der Waals surface area (Å²) in [5.41, 5.74) is 1.68. The number of rotatable bonds is 1. The maximum Gasteiger partial charge on any atom is 0.176 e. The minimum absolute atomic E-state index is 0.253. The summed E-state index contributed by atoms with van der Waals surface area (Å²) in [7, 11) is 0. The molecule has 1 fully saturated rings. The van der Waals surface area contributed by atoms with E-state index in [9.17, 15) is 4.79 Å². The van der Waals surface area contributed by atoms with E-state index in [1.165, 1.54) is 5.56 Å². The van der Waals surface area contributed by atoms with Gasteiger partial charge in [-0.25, -0.2) is 0 Å². The lowest BCUT2D eigenvalue weighted by Crippen LogP contribution is -2.30. The molecule has 2 atom stereocenters. The normalized spacial score (nSPS) is 27.8. The van der Waals surface area contributed by atoms with Gasteiger partial charge in [-0.2, -0.15) is 0 Å². The molecule has 1 spiro atoms. The number of ether oxygens (including phenoxy) is 1. The van der Waals surface area contributed by atoms with Gasteiger partial charge in [-0.05, 0) is 24.1 Å². The maximum absolute atomic E-state index is 12.7. The maximum atomic E-state index is 12.7. The Morgan fingerprint density at radius 2 is 1.74 bits per heavy atom. The van der Waals surface area contributed by atoms with E-state index in [-0.39, 0.29) is 11.2 Å². The van der Waals surface area contributed by atoms with Crippen LogP contribution in [0.25, 0.3) is 0 Å². The summed E-state index contributed by atoms with van der Waals surface area (Å²) in [4.78, 5) is 12.7. The fraction of sp³-hybridized carbons (Fsp3) is 0.235. The zero-order chi connectivity index (χ0) is 12.9. The lowest BCUT2D eigenvalue weighted by molar-refractivity contribution is 0.0790. The standard InChI is InChI=1S/C17H14O2/c18-16-13-8-4-5-9-15(13)19-11-17(16)10-14(17)12-6-2-1-3-7-12/h1-9,14H,10-11H2/t14-,17-/m1/s1. The van der Waals surface area contributed by atoms with Gasteiger partial charge in [-0.1, -0.05) is 42.5 Å². The van der Waals surface area contributed by atoms with Gasteiger partial charge in [0.1, 0.15) is 12.4 Å². The predicted molar refractivity (Wildman–Crippen MR) is 72.5 cm³/mol. The monoisotopic (exact) mass is 250 g/mol. The van der Waals surface area contributed by atoms with Gasteiger partial charge in [0, 0.05) is 5.92 Å². The number of para-hydroxylation sites is 1. The number of hydrogen-bond acceptors (Lipinski definition) is 2. The van der Waals surface area contributed by atoms with Crippen molar-refractivity contribution in [3.8, 4) is 5.75 Å². The molecule has 19 heavy (non-hydrogen) atoms. The summed E-state index contributed by atoms with van der Waals surface area (Å²) in [5, 5.41) is 0. The molecular formula is C17H14O2. The molecule has 0 saturated heterocycles. The Kier molecular flexibility index (Phi) is 2.10. The zero-order valence-electron chi connectivity index (χ0n) is 10.5. The number of carbonyl (C=O) groups is 1. The molecule has 94 valence electrons. The van der Waals surface area contributed by atoms with Gasteiger partial charge in [0.25, 0.3) is 0 Å². The average molecular weight is 250 g/mol. The predicted octanol–water partition coefficient (Wildman–Crippen LogP) is 3.44. The van der Waals surface area contributed by atoms with Crippen LogP contribution in [0.4, 0.5) is 0 Å². The number of ketones is 1. The van der Waals surface area contributed by atoms with E-state index < -0.39 is 0 Å². The Balaban J connectivity index is 1.71. The molecule has 2 nitrogen and oxygen atoms in total. The van der Waals surface area contributed by atoms with Crippen molar-refractivity contribution in [1.82, 2.24) is 0 Å². The second-order valence-electron chi connectivity index (χ2n) is 5.44. The third-order valence-corrected chi connectivity index (χ3v) is 4.35. The first-order chi connectivity index (χ1) is 9.31. The molecule has 1 aliphatic carbocycles. The first-order valence-corrected chi connectivity index (χ1v) is 6.63. The second-order valence-corrected chi connectivity index (χ2v) is 5.44. The molecular weight excluding hydrogens is 236 g/mol. The smallest absolute Gasteiger partial charge is 0.176 e. The van der Waals surface area contributed by atoms with E-state index in [1.54, 1.807) is 0 Å². The van der Waals surface area contributed by atoms with Crippen molar-refractivity contribution >= 4 is 5.78 Å². The van der Waals surface area contributed by atoms with Crippen LogP contribution >= 0.6 is 0 Å². The van der Waals surface area contributed by atoms with E-state index in [1.807, 2.05) is 42.5 Å². The van der Waals surface area contributed by atoms with Gasteiger partial charge in [0.15, 0.2) is 5.78 Å². The van der Waals surface area contributed by atoms with Gasteiger partial charge in [-0.3, -0.25) is 4.79 Å². The Morgan fingerprint density at radius 1 is 1.00 bits per heavy atom. The largest absolute Gasteiger partial charge is 0.492 e. The molecule has 4 rings (SSSR count). The quantitative estimate of drug-likeness (QED) is 0.775. The van der Waals surface area contributed by atoms with Crippen molar-refractivity contribution in [2.75, 3.05) is 6.61 Å². The van der Waals surface area contributed by atoms with Crippen LogP contribution in [-0.4, -0.2) is 12.4 Å². The fourth-order valence-corrected chi connectivity index (χ4v) is 3.16. The molecule has 0 N–H and O–H groups in total. The lowest BCUT2D eigenvalue weighted by Gasteiger charge is -2.25. The Morgan fingerprint density at radius 3 is 2.58 bits per heavy atom. The molecule has 2 heteroatoms. The Labute approximate surface area is 112 Å². The van der Waals surface area contributed by atoms with E-state index in [0.29, 0.717) is 12.5 Å². The van der Waals surface area contributed by atoms with Gasteiger partial charge in [-0.15, -0.1) is 0 Å². The third-order valence-electron chi connectivity index (χ3n) is 4.35. The first kappa shape index (κ1) is 10.8. The minimum atomic E-state index is -0.310. The van der Waals surface area contributed by atoms with Crippen LogP contribution in [0, 0.1) is 5.41 Å². The number of fused-ring (bicyclic) bond motifs is 1. The molecule has 0 bridgehead atoms. The molecule has 0 aromatic heterocycles. The SMILES string of the molecule is O=C1c2ccccc2OC[C@@]12C[C@@H]2c1ccccc1. The summed E-state index contributed by atoms with van der Waals surface area (Å²) >= 11 is 0. The summed E-state index contributed by atoms with van der Waals surface area (Å²) in [5.74, 6) is 1.30. The summed E-state index contributed by atoms with van der Waals surface area (Å²) in [6, 6.07) is 17.8. The summed E-state index contributed by atoms with van der Waals surface area (Å²) < 4.78 is 5.80. The molecule has 0 unspecified atom stereocenters. The van der Waals surface area contributed by atoms with Crippen LogP contribution in [0.5, 0.6) is 5.75 Å². The number of hydrogen-bond donors (Lipinski definition) is 0. The Bertz CT molecular complexity index is 647. The molecule has 2 aliphatic rings. The van der Waals surface area contributed by atoms with Crippen molar-refractivity contribution in [2.24, 2.45) is 5.41 Å². The molecule has 1 saturated carbocycles. The second kappa shape index (κ2) is 3.70. The van der Waals surface area contributed by atoms with Crippen LogP contribution in [0.2, 0.25) is 0 Å². The van der Waals surface area contributed by atoms with E-state index >= 15 is 0 Å². The van der Waals surface area contributed by atoms with Crippen molar-refractivity contribution in [3.63, 3.8) is 0 Å². The summed E-state index contributed by atoms with van der Waals surface area (Å²) in [6.07, 6.45) is 0.907. The highest BCUT2D eigenvalue weighted by Crippen LogP contribution is 2.62. The molecule has 1 heterocycles. The number of benzene rings is 2. The van der Waals surface area contributed by atoms with E-state index in [0.717, 1.165) is 17.7 Å². The van der Waals surface area contributed by atoms with Crippen molar-refractivity contribution < 1.29 is 9.53 Å². The van der Waals surface area contributed by atoms with E-state index in [2.05, 4.69) is 12.1 Å². The minimum Gasteiger partial charge on any atom is -0.492 e. The van der Waals surface area contributed by atoms with Crippen LogP contribution in [0.3, 0.4) is 0 Å². The van der Waals surface area contributed by atoms with Crippen LogP contribution < -0.4 is 4.74 Å². The van der Waals surface area contributed by atoms with Crippen molar-refractivity contribution in [3.05, 3.63) is 65.7 Å².